The molecule has 1 saturated carbocycles. The molecule has 4 aliphatic rings. The quantitative estimate of drug-likeness (QED) is 0.583. The molecule has 1 unspecified atom stereocenters. The Morgan fingerprint density at radius 2 is 1.77 bits per heavy atom. The first-order valence-electron chi connectivity index (χ1n) is 11.1. The molecule has 3 fully saturated rings. The van der Waals surface area contributed by atoms with Crippen molar-refractivity contribution in [1.29, 1.82) is 0 Å². The number of fused-ring (bicyclic) bond motifs is 1. The monoisotopic (exact) mass is 417 g/mol. The summed E-state index contributed by atoms with van der Waals surface area (Å²) in [5.41, 5.74) is 0. The van der Waals surface area contributed by atoms with Crippen molar-refractivity contribution in [3.8, 4) is 0 Å². The number of carbonyl (C=O) groups excluding carboxylic acids is 3. The first-order chi connectivity index (χ1) is 14.3. The largest absolute Gasteiger partial charge is 0.340 e. The second-order valence-corrected chi connectivity index (χ2v) is 9.28. The maximum Gasteiger partial charge on any atom is 0.333 e. The van der Waals surface area contributed by atoms with E-state index in [9.17, 15) is 14.4 Å². The topological polar surface area (TPSA) is 79.5 Å². The van der Waals surface area contributed by atoms with Gasteiger partial charge in [0.15, 0.2) is 0 Å². The van der Waals surface area contributed by atoms with Crippen LogP contribution in [-0.2, 0) is 9.59 Å². The normalized spacial score (nSPS) is 25.4. The number of piperazine rings is 1. The van der Waals surface area contributed by atoms with Crippen molar-refractivity contribution in [2.24, 2.45) is 16.8 Å². The van der Waals surface area contributed by atoms with Crippen LogP contribution >= 0.6 is 0 Å². The highest BCUT2D eigenvalue weighted by Gasteiger charge is 2.53. The first-order valence-corrected chi connectivity index (χ1v) is 11.1. The van der Waals surface area contributed by atoms with Crippen molar-refractivity contribution in [2.75, 3.05) is 53.4 Å². The summed E-state index contributed by atoms with van der Waals surface area (Å²) in [6.07, 6.45) is 3.02. The Morgan fingerprint density at radius 3 is 2.37 bits per heavy atom. The molecule has 0 spiro atoms. The van der Waals surface area contributed by atoms with Crippen LogP contribution in [0.4, 0.5) is 4.79 Å². The molecular formula is C21H33N6O3+. The second kappa shape index (κ2) is 8.09. The molecule has 0 aromatic heterocycles. The van der Waals surface area contributed by atoms with E-state index in [0.29, 0.717) is 24.2 Å². The SMILES string of the molecule is CC(C)CC[N+]1=C(CN2CCN(C(=O)C3CC3)CC2)N=C2C1C(=O)N(C)C(=O)N2C. The van der Waals surface area contributed by atoms with Crippen LogP contribution in [0.3, 0.4) is 0 Å². The molecule has 0 bridgehead atoms. The molecule has 164 valence electrons. The molecule has 4 amide bonds. The van der Waals surface area contributed by atoms with E-state index in [4.69, 9.17) is 4.99 Å². The molecule has 0 N–H and O–H groups in total. The molecule has 9 nitrogen and oxygen atoms in total. The summed E-state index contributed by atoms with van der Waals surface area (Å²) in [4.78, 5) is 49.4. The minimum Gasteiger partial charge on any atom is -0.340 e. The van der Waals surface area contributed by atoms with Crippen LogP contribution in [0.5, 0.6) is 0 Å². The van der Waals surface area contributed by atoms with Gasteiger partial charge in [0.1, 0.15) is 6.54 Å². The third-order valence-corrected chi connectivity index (χ3v) is 6.54. The van der Waals surface area contributed by atoms with Gasteiger partial charge in [0, 0.05) is 46.2 Å². The molecule has 4 rings (SSSR count). The van der Waals surface area contributed by atoms with E-state index < -0.39 is 6.04 Å². The predicted molar refractivity (Wildman–Crippen MR) is 112 cm³/mol. The molecule has 3 heterocycles. The zero-order chi connectivity index (χ0) is 21.6. The van der Waals surface area contributed by atoms with E-state index >= 15 is 0 Å². The summed E-state index contributed by atoms with van der Waals surface area (Å²) in [5.74, 6) is 2.24. The van der Waals surface area contributed by atoms with Gasteiger partial charge >= 0.3 is 11.9 Å². The number of amidine groups is 2. The first kappa shape index (κ1) is 21.0. The van der Waals surface area contributed by atoms with Crippen molar-refractivity contribution in [3.63, 3.8) is 0 Å². The van der Waals surface area contributed by atoms with Gasteiger partial charge in [0.2, 0.25) is 5.91 Å². The predicted octanol–water partition coefficient (Wildman–Crippen LogP) is 0.302. The fraction of sp³-hybridized carbons (Fsp3) is 0.762. The number of urea groups is 1. The van der Waals surface area contributed by atoms with Gasteiger partial charge in [-0.05, 0) is 30.2 Å². The fourth-order valence-electron chi connectivity index (χ4n) is 4.35. The minimum absolute atomic E-state index is 0.213. The Bertz CT molecular complexity index is 808. The standard InChI is InChI=1S/C21H33N6O3/c1-14(2)7-8-27-16(22-18-17(27)20(29)24(4)21(30)23(18)3)13-25-9-11-26(12-10-25)19(28)15-5-6-15/h14-15,17H,5-13H2,1-4H3/q+1. The zero-order valence-electron chi connectivity index (χ0n) is 18.5. The Kier molecular flexibility index (Phi) is 5.65. The van der Waals surface area contributed by atoms with Gasteiger partial charge in [-0.25, -0.2) is 9.37 Å². The minimum atomic E-state index is -0.524. The van der Waals surface area contributed by atoms with Crippen LogP contribution in [-0.4, -0.2) is 113 Å². The maximum absolute atomic E-state index is 12.9. The molecule has 0 aromatic rings. The van der Waals surface area contributed by atoms with Gasteiger partial charge in [-0.15, -0.1) is 0 Å². The van der Waals surface area contributed by atoms with E-state index in [1.165, 1.54) is 16.8 Å². The number of aliphatic imine (C=N–C) groups is 1. The Morgan fingerprint density at radius 1 is 1.10 bits per heavy atom. The Hall–Kier alpha value is -2.29. The van der Waals surface area contributed by atoms with E-state index in [0.717, 1.165) is 57.8 Å². The highest BCUT2D eigenvalue weighted by molar-refractivity contribution is 6.23. The number of imide groups is 1. The van der Waals surface area contributed by atoms with Crippen LogP contribution in [0, 0.1) is 11.8 Å². The molecule has 0 aromatic carbocycles. The lowest BCUT2D eigenvalue weighted by Gasteiger charge is -2.34. The highest BCUT2D eigenvalue weighted by Crippen LogP contribution is 2.31. The van der Waals surface area contributed by atoms with Crippen LogP contribution in [0.1, 0.15) is 33.1 Å². The van der Waals surface area contributed by atoms with Gasteiger partial charge in [0.05, 0.1) is 6.54 Å². The fourth-order valence-corrected chi connectivity index (χ4v) is 4.35. The molecule has 1 atom stereocenters. The lowest BCUT2D eigenvalue weighted by Crippen LogP contribution is -2.61. The van der Waals surface area contributed by atoms with Crippen LogP contribution in [0.25, 0.3) is 0 Å². The summed E-state index contributed by atoms with van der Waals surface area (Å²) < 4.78 is 2.08. The Balaban J connectivity index is 1.50. The lowest BCUT2D eigenvalue weighted by atomic mass is 10.1. The van der Waals surface area contributed by atoms with Crippen molar-refractivity contribution >= 4 is 29.5 Å². The Labute approximate surface area is 178 Å². The van der Waals surface area contributed by atoms with Crippen LogP contribution < -0.4 is 0 Å². The number of amides is 4. The van der Waals surface area contributed by atoms with Crippen LogP contribution in [0.2, 0.25) is 0 Å². The average Bonchev–Trinajstić information content (AvgIpc) is 3.51. The number of carbonyl (C=O) groups is 3. The average molecular weight is 418 g/mol. The van der Waals surface area contributed by atoms with Crippen molar-refractivity contribution in [1.82, 2.24) is 19.6 Å². The summed E-state index contributed by atoms with van der Waals surface area (Å²) in [7, 11) is 3.22. The number of hydrogen-bond acceptors (Lipinski definition) is 5. The van der Waals surface area contributed by atoms with Crippen molar-refractivity contribution in [2.45, 2.75) is 39.2 Å². The zero-order valence-corrected chi connectivity index (χ0v) is 18.5. The summed E-state index contributed by atoms with van der Waals surface area (Å²) >= 11 is 0. The number of rotatable bonds is 6. The number of likely N-dealkylation sites (N-methyl/N-ethyl adjacent to an activating group) is 2. The molecule has 1 aliphatic carbocycles. The molecule has 0 radical (unpaired) electrons. The van der Waals surface area contributed by atoms with E-state index in [1.54, 1.807) is 7.05 Å². The van der Waals surface area contributed by atoms with Gasteiger partial charge < -0.3 is 4.90 Å². The van der Waals surface area contributed by atoms with E-state index in [1.807, 2.05) is 4.90 Å². The highest BCUT2D eigenvalue weighted by atomic mass is 16.2. The molecule has 30 heavy (non-hydrogen) atoms. The van der Waals surface area contributed by atoms with Gasteiger partial charge in [0.25, 0.3) is 17.8 Å². The van der Waals surface area contributed by atoms with E-state index in [-0.39, 0.29) is 17.9 Å². The molecule has 9 heteroatoms. The van der Waals surface area contributed by atoms with Gasteiger partial charge in [-0.2, -0.15) is 0 Å². The molecule has 2 saturated heterocycles. The number of nitrogens with zero attached hydrogens (tertiary/aromatic N) is 6. The second-order valence-electron chi connectivity index (χ2n) is 9.28. The van der Waals surface area contributed by atoms with Crippen molar-refractivity contribution in [3.05, 3.63) is 0 Å². The van der Waals surface area contributed by atoms with Gasteiger partial charge in [-0.3, -0.25) is 24.3 Å². The van der Waals surface area contributed by atoms with Crippen molar-refractivity contribution < 1.29 is 19.0 Å². The van der Waals surface area contributed by atoms with E-state index in [2.05, 4.69) is 23.3 Å². The summed E-state index contributed by atoms with van der Waals surface area (Å²) in [5, 5.41) is 0. The van der Waals surface area contributed by atoms with Crippen LogP contribution in [0.15, 0.2) is 4.99 Å². The third-order valence-electron chi connectivity index (χ3n) is 6.54. The smallest absolute Gasteiger partial charge is 0.333 e. The summed E-state index contributed by atoms with van der Waals surface area (Å²) in [6, 6.07) is -0.864. The van der Waals surface area contributed by atoms with Gasteiger partial charge in [-0.1, -0.05) is 13.8 Å². The lowest BCUT2D eigenvalue weighted by molar-refractivity contribution is -0.537. The summed E-state index contributed by atoms with van der Waals surface area (Å²) in [6.45, 7) is 8.78. The molecular weight excluding hydrogens is 384 g/mol. The molecule has 3 aliphatic heterocycles. The third kappa shape index (κ3) is 3.87. The maximum atomic E-state index is 12.9. The number of hydrogen-bond donors (Lipinski definition) is 0.